The van der Waals surface area contributed by atoms with Crippen molar-refractivity contribution in [2.75, 3.05) is 0 Å². The Morgan fingerprint density at radius 3 is 2.80 bits per heavy atom. The number of nitrogens with zero attached hydrogens (tertiary/aromatic N) is 1. The number of amides is 1. The second-order valence-corrected chi connectivity index (χ2v) is 3.56. The van der Waals surface area contributed by atoms with E-state index in [0.29, 0.717) is 23.5 Å². The molecular formula is C11H14N2O2. The monoisotopic (exact) mass is 206 g/mol. The summed E-state index contributed by atoms with van der Waals surface area (Å²) in [5.41, 5.74) is 0.539. The van der Waals surface area contributed by atoms with Crippen LogP contribution in [-0.2, 0) is 0 Å². The van der Waals surface area contributed by atoms with Gasteiger partial charge in [0.05, 0.1) is 18.1 Å². The van der Waals surface area contributed by atoms with Gasteiger partial charge in [-0.2, -0.15) is 5.26 Å². The van der Waals surface area contributed by atoms with E-state index in [-0.39, 0.29) is 11.9 Å². The third kappa shape index (κ3) is 2.84. The van der Waals surface area contributed by atoms with Crippen LogP contribution >= 0.6 is 0 Å². The molecular weight excluding hydrogens is 192 g/mol. The summed E-state index contributed by atoms with van der Waals surface area (Å²) >= 11 is 0. The summed E-state index contributed by atoms with van der Waals surface area (Å²) in [6.45, 7) is 5.34. The van der Waals surface area contributed by atoms with Crippen LogP contribution in [0.4, 0.5) is 0 Å². The lowest BCUT2D eigenvalue weighted by atomic mass is 10.2. The van der Waals surface area contributed by atoms with E-state index in [9.17, 15) is 4.79 Å². The first-order chi connectivity index (χ1) is 7.04. The van der Waals surface area contributed by atoms with Crippen molar-refractivity contribution in [1.82, 2.24) is 5.32 Å². The van der Waals surface area contributed by atoms with Crippen molar-refractivity contribution in [3.05, 3.63) is 23.2 Å². The number of hydrogen-bond donors (Lipinski definition) is 1. The highest BCUT2D eigenvalue weighted by Gasteiger charge is 2.15. The molecule has 0 aliphatic rings. The zero-order valence-electron chi connectivity index (χ0n) is 9.13. The number of aryl methyl sites for hydroxylation is 2. The highest BCUT2D eigenvalue weighted by Crippen LogP contribution is 2.13. The van der Waals surface area contributed by atoms with E-state index in [0.717, 1.165) is 0 Å². The van der Waals surface area contributed by atoms with Crippen molar-refractivity contribution in [2.24, 2.45) is 0 Å². The second kappa shape index (κ2) is 4.65. The van der Waals surface area contributed by atoms with Crippen molar-refractivity contribution in [3.63, 3.8) is 0 Å². The molecule has 0 bridgehead atoms. The number of hydrogen-bond acceptors (Lipinski definition) is 3. The van der Waals surface area contributed by atoms with Crippen LogP contribution in [0, 0.1) is 25.2 Å². The lowest BCUT2D eigenvalue weighted by molar-refractivity contribution is 0.0939. The summed E-state index contributed by atoms with van der Waals surface area (Å²) in [4.78, 5) is 11.7. The number of rotatable bonds is 3. The van der Waals surface area contributed by atoms with Gasteiger partial charge in [-0.3, -0.25) is 4.79 Å². The van der Waals surface area contributed by atoms with Crippen LogP contribution in [0.25, 0.3) is 0 Å². The summed E-state index contributed by atoms with van der Waals surface area (Å²) in [7, 11) is 0. The van der Waals surface area contributed by atoms with E-state index in [2.05, 4.69) is 5.32 Å². The Hall–Kier alpha value is -1.76. The van der Waals surface area contributed by atoms with Crippen molar-refractivity contribution < 1.29 is 9.21 Å². The second-order valence-electron chi connectivity index (χ2n) is 3.56. The van der Waals surface area contributed by atoms with E-state index >= 15 is 0 Å². The molecule has 1 amide bonds. The molecule has 4 nitrogen and oxygen atoms in total. The molecule has 1 N–H and O–H groups in total. The lowest BCUT2D eigenvalue weighted by Crippen LogP contribution is -2.32. The van der Waals surface area contributed by atoms with Gasteiger partial charge in [-0.15, -0.1) is 0 Å². The van der Waals surface area contributed by atoms with Gasteiger partial charge in [-0.25, -0.2) is 0 Å². The van der Waals surface area contributed by atoms with E-state index < -0.39 is 0 Å². The van der Waals surface area contributed by atoms with Gasteiger partial charge in [-0.1, -0.05) is 0 Å². The number of furan rings is 1. The van der Waals surface area contributed by atoms with Gasteiger partial charge in [0.2, 0.25) is 0 Å². The standard InChI is InChI=1S/C11H14N2O2/c1-7(4-5-12)13-11(14)10-6-8(2)15-9(10)3/h6-7H,4H2,1-3H3,(H,13,14). The molecule has 1 atom stereocenters. The zero-order valence-corrected chi connectivity index (χ0v) is 9.13. The summed E-state index contributed by atoms with van der Waals surface area (Å²) in [6.07, 6.45) is 0.307. The fourth-order valence-electron chi connectivity index (χ4n) is 1.35. The van der Waals surface area contributed by atoms with E-state index in [1.807, 2.05) is 6.07 Å². The van der Waals surface area contributed by atoms with Crippen LogP contribution in [0.3, 0.4) is 0 Å². The number of carbonyl (C=O) groups is 1. The Bertz CT molecular complexity index is 401. The molecule has 0 saturated heterocycles. The van der Waals surface area contributed by atoms with Gasteiger partial charge in [0, 0.05) is 6.04 Å². The quantitative estimate of drug-likeness (QED) is 0.821. The largest absolute Gasteiger partial charge is 0.466 e. The van der Waals surface area contributed by atoms with E-state index in [1.165, 1.54) is 0 Å². The molecule has 0 spiro atoms. The molecule has 15 heavy (non-hydrogen) atoms. The Morgan fingerprint density at radius 1 is 1.67 bits per heavy atom. The van der Waals surface area contributed by atoms with Gasteiger partial charge in [0.1, 0.15) is 11.5 Å². The SMILES string of the molecule is Cc1cc(C(=O)NC(C)CC#N)c(C)o1. The van der Waals surface area contributed by atoms with E-state index in [4.69, 9.17) is 9.68 Å². The van der Waals surface area contributed by atoms with Crippen molar-refractivity contribution in [2.45, 2.75) is 33.2 Å². The van der Waals surface area contributed by atoms with Crippen LogP contribution in [0.5, 0.6) is 0 Å². The Kier molecular flexibility index (Phi) is 3.51. The smallest absolute Gasteiger partial charge is 0.255 e. The molecule has 0 aliphatic heterocycles. The van der Waals surface area contributed by atoms with Gasteiger partial charge < -0.3 is 9.73 Å². The average Bonchev–Trinajstić information content (AvgIpc) is 2.45. The molecule has 1 heterocycles. The predicted octanol–water partition coefficient (Wildman–Crippen LogP) is 1.93. The molecule has 0 radical (unpaired) electrons. The molecule has 0 saturated carbocycles. The van der Waals surface area contributed by atoms with Gasteiger partial charge in [-0.05, 0) is 26.8 Å². The van der Waals surface area contributed by atoms with Crippen LogP contribution in [0.2, 0.25) is 0 Å². The minimum atomic E-state index is -0.188. The predicted molar refractivity (Wildman–Crippen MR) is 55.3 cm³/mol. The number of carbonyl (C=O) groups excluding carboxylic acids is 1. The summed E-state index contributed by atoms with van der Waals surface area (Å²) in [6, 6.07) is 3.56. The molecule has 1 aromatic heterocycles. The van der Waals surface area contributed by atoms with Gasteiger partial charge >= 0.3 is 0 Å². The first-order valence-corrected chi connectivity index (χ1v) is 4.79. The minimum Gasteiger partial charge on any atom is -0.466 e. The maximum Gasteiger partial charge on any atom is 0.255 e. The fraction of sp³-hybridized carbons (Fsp3) is 0.455. The Labute approximate surface area is 88.9 Å². The highest BCUT2D eigenvalue weighted by atomic mass is 16.3. The topological polar surface area (TPSA) is 66.0 Å². The first-order valence-electron chi connectivity index (χ1n) is 4.79. The molecule has 80 valence electrons. The summed E-state index contributed by atoms with van der Waals surface area (Å²) < 4.78 is 5.25. The normalized spacial score (nSPS) is 11.9. The summed E-state index contributed by atoms with van der Waals surface area (Å²) in [5, 5.41) is 11.2. The molecule has 4 heteroatoms. The minimum absolute atomic E-state index is 0.142. The molecule has 1 aromatic rings. The number of nitriles is 1. The maximum atomic E-state index is 11.7. The van der Waals surface area contributed by atoms with Crippen LogP contribution < -0.4 is 5.32 Å². The van der Waals surface area contributed by atoms with Gasteiger partial charge in [0.15, 0.2) is 0 Å². The van der Waals surface area contributed by atoms with E-state index in [1.54, 1.807) is 26.8 Å². The van der Waals surface area contributed by atoms with Crippen LogP contribution in [-0.4, -0.2) is 11.9 Å². The third-order valence-corrected chi connectivity index (χ3v) is 2.06. The Balaban J connectivity index is 2.70. The van der Waals surface area contributed by atoms with Crippen LogP contribution in [0.15, 0.2) is 10.5 Å². The highest BCUT2D eigenvalue weighted by molar-refractivity contribution is 5.95. The maximum absolute atomic E-state index is 11.7. The molecule has 0 aromatic carbocycles. The fourth-order valence-corrected chi connectivity index (χ4v) is 1.35. The zero-order chi connectivity index (χ0) is 11.4. The van der Waals surface area contributed by atoms with Gasteiger partial charge in [0.25, 0.3) is 5.91 Å². The Morgan fingerprint density at radius 2 is 2.33 bits per heavy atom. The molecule has 1 unspecified atom stereocenters. The first kappa shape index (κ1) is 11.3. The van der Waals surface area contributed by atoms with Crippen LogP contribution in [0.1, 0.15) is 35.2 Å². The van der Waals surface area contributed by atoms with Crippen molar-refractivity contribution in [1.29, 1.82) is 5.26 Å². The molecule has 0 aliphatic carbocycles. The summed E-state index contributed by atoms with van der Waals surface area (Å²) in [5.74, 6) is 1.13. The average molecular weight is 206 g/mol. The lowest BCUT2D eigenvalue weighted by Gasteiger charge is -2.08. The third-order valence-electron chi connectivity index (χ3n) is 2.06. The number of nitrogens with one attached hydrogen (secondary N) is 1. The molecule has 1 rings (SSSR count). The van der Waals surface area contributed by atoms with Crippen molar-refractivity contribution >= 4 is 5.91 Å². The molecule has 0 fully saturated rings. The van der Waals surface area contributed by atoms with Crippen molar-refractivity contribution in [3.8, 4) is 6.07 Å².